The molecule has 7 heteroatoms. The Morgan fingerprint density at radius 3 is 2.70 bits per heavy atom. The summed E-state index contributed by atoms with van der Waals surface area (Å²) in [6, 6.07) is 6.12. The van der Waals surface area contributed by atoms with Gasteiger partial charge in [-0.05, 0) is 43.1 Å². The quantitative estimate of drug-likeness (QED) is 0.929. The molecule has 0 spiro atoms. The molecule has 1 aromatic rings. The molecule has 0 amide bonds. The second kappa shape index (κ2) is 7.15. The van der Waals surface area contributed by atoms with E-state index >= 15 is 0 Å². The van der Waals surface area contributed by atoms with Gasteiger partial charge in [0.05, 0.1) is 0 Å². The fourth-order valence-corrected chi connectivity index (χ4v) is 2.35. The molecule has 1 aliphatic rings. The second-order valence-corrected chi connectivity index (χ2v) is 4.82. The van der Waals surface area contributed by atoms with E-state index in [1.165, 1.54) is 12.1 Å². The Labute approximate surface area is 122 Å². The molecule has 2 N–H and O–H groups in total. The fourth-order valence-electron chi connectivity index (χ4n) is 2.35. The Morgan fingerprint density at radius 1 is 1.35 bits per heavy atom. The zero-order valence-electron chi connectivity index (χ0n) is 10.9. The molecule has 0 saturated carbocycles. The zero-order chi connectivity index (χ0) is 13.9. The topological polar surface area (TPSA) is 38.5 Å². The molecule has 1 aliphatic heterocycles. The maximum Gasteiger partial charge on any atom is 0.573 e. The summed E-state index contributed by atoms with van der Waals surface area (Å²) in [6.45, 7) is 3.13. The first kappa shape index (κ1) is 17.1. The number of alkyl halides is 3. The standard InChI is InChI=1S/C13H17F3N2O.ClH/c14-13(15,16)19-12-3-1-2-10(6-12)8-18-5-4-11(7-17)9-18;/h1-3,6,11H,4-5,7-9,17H2;1H. The van der Waals surface area contributed by atoms with Gasteiger partial charge in [0, 0.05) is 13.1 Å². The van der Waals surface area contributed by atoms with Crippen molar-refractivity contribution in [1.82, 2.24) is 4.90 Å². The van der Waals surface area contributed by atoms with Gasteiger partial charge in [0.1, 0.15) is 5.75 Å². The Kier molecular flexibility index (Phi) is 6.10. The van der Waals surface area contributed by atoms with Crippen molar-refractivity contribution in [3.05, 3.63) is 29.8 Å². The summed E-state index contributed by atoms with van der Waals surface area (Å²) in [5.41, 5.74) is 6.43. The van der Waals surface area contributed by atoms with Crippen LogP contribution >= 0.6 is 12.4 Å². The third kappa shape index (κ3) is 5.19. The Balaban J connectivity index is 0.00000200. The molecule has 1 saturated heterocycles. The molecule has 114 valence electrons. The second-order valence-electron chi connectivity index (χ2n) is 4.82. The third-order valence-corrected chi connectivity index (χ3v) is 3.24. The summed E-state index contributed by atoms with van der Waals surface area (Å²) < 4.78 is 40.3. The minimum absolute atomic E-state index is 0. The van der Waals surface area contributed by atoms with Crippen LogP contribution in [-0.2, 0) is 6.54 Å². The summed E-state index contributed by atoms with van der Waals surface area (Å²) >= 11 is 0. The molecule has 1 atom stereocenters. The van der Waals surface area contributed by atoms with Gasteiger partial charge in [0.2, 0.25) is 0 Å². The van der Waals surface area contributed by atoms with Crippen LogP contribution < -0.4 is 10.5 Å². The number of hydrogen-bond donors (Lipinski definition) is 1. The predicted molar refractivity (Wildman–Crippen MR) is 72.8 cm³/mol. The normalized spacial score (nSPS) is 19.7. The Hall–Kier alpha value is -0.980. The summed E-state index contributed by atoms with van der Waals surface area (Å²) in [5.74, 6) is 0.328. The number of benzene rings is 1. The van der Waals surface area contributed by atoms with Crippen molar-refractivity contribution in [1.29, 1.82) is 0 Å². The highest BCUT2D eigenvalue weighted by Gasteiger charge is 2.31. The maximum absolute atomic E-state index is 12.1. The highest BCUT2D eigenvalue weighted by molar-refractivity contribution is 5.85. The van der Waals surface area contributed by atoms with Crippen molar-refractivity contribution in [2.24, 2.45) is 11.7 Å². The van der Waals surface area contributed by atoms with Crippen molar-refractivity contribution in [3.8, 4) is 5.75 Å². The Bertz CT molecular complexity index is 428. The minimum Gasteiger partial charge on any atom is -0.406 e. The van der Waals surface area contributed by atoms with Crippen LogP contribution in [0.2, 0.25) is 0 Å². The van der Waals surface area contributed by atoms with Crippen molar-refractivity contribution >= 4 is 12.4 Å². The number of nitrogens with two attached hydrogens (primary N) is 1. The van der Waals surface area contributed by atoms with E-state index in [1.807, 2.05) is 0 Å². The first-order chi connectivity index (χ1) is 8.96. The van der Waals surface area contributed by atoms with Gasteiger partial charge in [0.15, 0.2) is 0 Å². The van der Waals surface area contributed by atoms with Crippen LogP contribution in [0.1, 0.15) is 12.0 Å². The largest absolute Gasteiger partial charge is 0.573 e. The number of nitrogens with zero attached hydrogens (tertiary/aromatic N) is 1. The fraction of sp³-hybridized carbons (Fsp3) is 0.538. The van der Waals surface area contributed by atoms with Crippen LogP contribution in [0.5, 0.6) is 5.75 Å². The van der Waals surface area contributed by atoms with Crippen molar-refractivity contribution in [2.75, 3.05) is 19.6 Å². The van der Waals surface area contributed by atoms with Crippen molar-refractivity contribution in [3.63, 3.8) is 0 Å². The number of rotatable bonds is 4. The van der Waals surface area contributed by atoms with Crippen molar-refractivity contribution in [2.45, 2.75) is 19.3 Å². The molecule has 1 fully saturated rings. The van der Waals surface area contributed by atoms with Gasteiger partial charge in [-0.3, -0.25) is 4.90 Å². The van der Waals surface area contributed by atoms with Gasteiger partial charge in [-0.25, -0.2) is 0 Å². The SMILES string of the molecule is Cl.NCC1CCN(Cc2cccc(OC(F)(F)F)c2)C1. The molecular formula is C13H18ClF3N2O. The van der Waals surface area contributed by atoms with E-state index in [2.05, 4.69) is 9.64 Å². The van der Waals surface area contributed by atoms with E-state index in [1.54, 1.807) is 12.1 Å². The van der Waals surface area contributed by atoms with Gasteiger partial charge in [-0.1, -0.05) is 12.1 Å². The molecule has 1 aromatic carbocycles. The van der Waals surface area contributed by atoms with E-state index in [0.717, 1.165) is 25.1 Å². The monoisotopic (exact) mass is 310 g/mol. The third-order valence-electron chi connectivity index (χ3n) is 3.24. The molecule has 0 bridgehead atoms. The number of likely N-dealkylation sites (tertiary alicyclic amines) is 1. The molecule has 3 nitrogen and oxygen atoms in total. The molecule has 1 heterocycles. The highest BCUT2D eigenvalue weighted by atomic mass is 35.5. The first-order valence-corrected chi connectivity index (χ1v) is 6.23. The number of hydrogen-bond acceptors (Lipinski definition) is 3. The van der Waals surface area contributed by atoms with Crippen LogP contribution in [0.4, 0.5) is 13.2 Å². The molecule has 2 rings (SSSR count). The lowest BCUT2D eigenvalue weighted by atomic mass is 10.1. The summed E-state index contributed by atoms with van der Waals surface area (Å²) in [4.78, 5) is 2.20. The lowest BCUT2D eigenvalue weighted by Crippen LogP contribution is -2.23. The average molecular weight is 311 g/mol. The van der Waals surface area contributed by atoms with Crippen LogP contribution in [0.25, 0.3) is 0 Å². The van der Waals surface area contributed by atoms with Crippen molar-refractivity contribution < 1.29 is 17.9 Å². The molecule has 1 unspecified atom stereocenters. The van der Waals surface area contributed by atoms with E-state index < -0.39 is 6.36 Å². The molecule has 20 heavy (non-hydrogen) atoms. The van der Waals surface area contributed by atoms with Gasteiger partial charge in [0.25, 0.3) is 0 Å². The summed E-state index contributed by atoms with van der Waals surface area (Å²) in [5, 5.41) is 0. The highest BCUT2D eigenvalue weighted by Crippen LogP contribution is 2.24. The average Bonchev–Trinajstić information content (AvgIpc) is 2.75. The lowest BCUT2D eigenvalue weighted by molar-refractivity contribution is -0.274. The number of ether oxygens (including phenoxy) is 1. The van der Waals surface area contributed by atoms with Crippen LogP contribution in [0, 0.1) is 5.92 Å². The van der Waals surface area contributed by atoms with Gasteiger partial charge < -0.3 is 10.5 Å². The van der Waals surface area contributed by atoms with Gasteiger partial charge in [-0.15, -0.1) is 25.6 Å². The van der Waals surface area contributed by atoms with Crippen LogP contribution in [0.3, 0.4) is 0 Å². The summed E-state index contributed by atoms with van der Waals surface area (Å²) in [6.07, 6.45) is -3.59. The Morgan fingerprint density at radius 2 is 2.10 bits per heavy atom. The van der Waals surface area contributed by atoms with Gasteiger partial charge >= 0.3 is 6.36 Å². The first-order valence-electron chi connectivity index (χ1n) is 6.23. The smallest absolute Gasteiger partial charge is 0.406 e. The number of halogens is 4. The molecule has 0 radical (unpaired) electrons. The van der Waals surface area contributed by atoms with E-state index in [0.29, 0.717) is 19.0 Å². The lowest BCUT2D eigenvalue weighted by Gasteiger charge is -2.16. The molecular weight excluding hydrogens is 293 g/mol. The predicted octanol–water partition coefficient (Wildman–Crippen LogP) is 2.79. The molecule has 0 aliphatic carbocycles. The van der Waals surface area contributed by atoms with Crippen LogP contribution in [-0.4, -0.2) is 30.9 Å². The zero-order valence-corrected chi connectivity index (χ0v) is 11.7. The van der Waals surface area contributed by atoms with Crippen LogP contribution in [0.15, 0.2) is 24.3 Å². The molecule has 0 aromatic heterocycles. The minimum atomic E-state index is -4.64. The summed E-state index contributed by atoms with van der Waals surface area (Å²) in [7, 11) is 0. The van der Waals surface area contributed by atoms with E-state index in [-0.39, 0.29) is 18.2 Å². The maximum atomic E-state index is 12.1. The van der Waals surface area contributed by atoms with Gasteiger partial charge in [-0.2, -0.15) is 0 Å². The van der Waals surface area contributed by atoms with E-state index in [4.69, 9.17) is 5.73 Å². The van der Waals surface area contributed by atoms with E-state index in [9.17, 15) is 13.2 Å².